The van der Waals surface area contributed by atoms with E-state index >= 15 is 0 Å². The van der Waals surface area contributed by atoms with Crippen molar-refractivity contribution in [3.63, 3.8) is 0 Å². The van der Waals surface area contributed by atoms with Gasteiger partial charge in [0.05, 0.1) is 22.3 Å². The smallest absolute Gasteiger partial charge is 0.296 e. The van der Waals surface area contributed by atoms with Crippen molar-refractivity contribution in [2.45, 2.75) is 56.9 Å². The second-order valence-corrected chi connectivity index (χ2v) is 13.6. The van der Waals surface area contributed by atoms with Crippen molar-refractivity contribution in [2.24, 2.45) is 13.0 Å². The zero-order valence-corrected chi connectivity index (χ0v) is 26.6. The Labute approximate surface area is 261 Å². The molecule has 0 radical (unpaired) electrons. The molecule has 1 saturated carbocycles. The molecule has 0 bridgehead atoms. The molecule has 226 valence electrons. The summed E-state index contributed by atoms with van der Waals surface area (Å²) in [5.41, 5.74) is 2.14. The number of rotatable bonds is 8. The van der Waals surface area contributed by atoms with Crippen molar-refractivity contribution in [3.8, 4) is 5.69 Å². The minimum atomic E-state index is -4.22. The van der Waals surface area contributed by atoms with Crippen molar-refractivity contribution < 1.29 is 13.2 Å². The number of halogens is 2. The summed E-state index contributed by atoms with van der Waals surface area (Å²) in [4.78, 5) is 27.0. The first-order chi connectivity index (χ1) is 20.5. The number of anilines is 1. The van der Waals surface area contributed by atoms with Crippen LogP contribution in [0.15, 0.2) is 76.4 Å². The van der Waals surface area contributed by atoms with Gasteiger partial charge in [0.15, 0.2) is 0 Å². The Hall–Kier alpha value is -3.53. The van der Waals surface area contributed by atoms with Crippen LogP contribution in [-0.2, 0) is 17.1 Å². The van der Waals surface area contributed by atoms with E-state index in [2.05, 4.69) is 10.0 Å². The van der Waals surface area contributed by atoms with Crippen LogP contribution in [0.3, 0.4) is 0 Å². The molecule has 0 aliphatic heterocycles. The van der Waals surface area contributed by atoms with Crippen molar-refractivity contribution in [2.75, 3.05) is 4.72 Å². The first-order valence-corrected chi connectivity index (χ1v) is 16.4. The number of amides is 1. The van der Waals surface area contributed by atoms with Gasteiger partial charge in [0.1, 0.15) is 5.69 Å². The minimum Gasteiger partial charge on any atom is -0.345 e. The molecule has 2 N–H and O–H groups in total. The van der Waals surface area contributed by atoms with Gasteiger partial charge in [-0.15, -0.1) is 0 Å². The first-order valence-electron chi connectivity index (χ1n) is 14.2. The molecular weight excluding hydrogens is 607 g/mol. The van der Waals surface area contributed by atoms with Crippen molar-refractivity contribution in [1.82, 2.24) is 14.7 Å². The summed E-state index contributed by atoms with van der Waals surface area (Å²) in [6.45, 7) is 3.42. The Morgan fingerprint density at radius 1 is 0.930 bits per heavy atom. The normalized spacial score (nSPS) is 14.8. The van der Waals surface area contributed by atoms with E-state index in [1.54, 1.807) is 62.0 Å². The Bertz CT molecular complexity index is 1810. The topological polar surface area (TPSA) is 102 Å². The number of carbonyl (C=O) groups excluding carboxylic acids is 1. The van der Waals surface area contributed by atoms with Crippen LogP contribution >= 0.6 is 23.2 Å². The van der Waals surface area contributed by atoms with Crippen LogP contribution in [0, 0.1) is 19.8 Å². The monoisotopic (exact) mass is 640 g/mol. The molecule has 0 saturated heterocycles. The van der Waals surface area contributed by atoms with Gasteiger partial charge in [-0.1, -0.05) is 66.7 Å². The summed E-state index contributed by atoms with van der Waals surface area (Å²) in [6, 6.07) is 18.3. The highest BCUT2D eigenvalue weighted by Crippen LogP contribution is 2.37. The van der Waals surface area contributed by atoms with Crippen LogP contribution in [0.2, 0.25) is 10.0 Å². The molecule has 43 heavy (non-hydrogen) atoms. The number of aryl methyl sites for hydroxylation is 1. The quantitative estimate of drug-likeness (QED) is 0.217. The second-order valence-electron chi connectivity index (χ2n) is 11.1. The van der Waals surface area contributed by atoms with Gasteiger partial charge in [0, 0.05) is 22.7 Å². The van der Waals surface area contributed by atoms with E-state index in [0.29, 0.717) is 27.0 Å². The molecule has 1 unspecified atom stereocenters. The van der Waals surface area contributed by atoms with Crippen LogP contribution in [0.4, 0.5) is 5.69 Å². The molecule has 1 amide bonds. The van der Waals surface area contributed by atoms with Crippen LogP contribution in [0.5, 0.6) is 0 Å². The SMILES string of the molecule is Cc1ccc(S(=O)(=O)Nc2c(C)n(C)n(-c3ccccc3)c2=O)cc1C(=O)NC(c1cc(Cl)cc(Cl)c1)C1CCCCC1. The Kier molecular flexibility index (Phi) is 9.06. The maximum absolute atomic E-state index is 13.8. The van der Waals surface area contributed by atoms with Gasteiger partial charge >= 0.3 is 0 Å². The summed E-state index contributed by atoms with van der Waals surface area (Å²) in [5, 5.41) is 4.13. The standard InChI is InChI=1S/C32H34Cl2N4O4S/c1-20-14-15-27(43(41,42)36-29-21(2)37(3)38(32(29)40)26-12-8-5-9-13-26)19-28(20)31(39)35-30(22-10-6-4-7-11-22)23-16-24(33)18-25(34)17-23/h5,8-9,12-19,22,30,36H,4,6-7,10-11H2,1-3H3,(H,35,39). The van der Waals surface area contributed by atoms with Crippen LogP contribution < -0.4 is 15.6 Å². The molecule has 8 nitrogen and oxygen atoms in total. The lowest BCUT2D eigenvalue weighted by molar-refractivity contribution is 0.0911. The third-order valence-corrected chi connectivity index (χ3v) is 9.99. The fraction of sp³-hybridized carbons (Fsp3) is 0.312. The predicted molar refractivity (Wildman–Crippen MR) is 171 cm³/mol. The summed E-state index contributed by atoms with van der Waals surface area (Å²) in [5.74, 6) is -0.211. The van der Waals surface area contributed by atoms with E-state index < -0.39 is 21.5 Å². The van der Waals surface area contributed by atoms with Crippen LogP contribution in [0.25, 0.3) is 5.69 Å². The third-order valence-electron chi connectivity index (χ3n) is 8.21. The van der Waals surface area contributed by atoms with E-state index in [1.165, 1.54) is 16.8 Å². The van der Waals surface area contributed by atoms with Crippen molar-refractivity contribution >= 4 is 44.8 Å². The molecule has 0 spiro atoms. The summed E-state index contributed by atoms with van der Waals surface area (Å²) in [7, 11) is -2.53. The van der Waals surface area contributed by atoms with Gasteiger partial charge in [0.2, 0.25) is 0 Å². The molecule has 4 aromatic rings. The fourth-order valence-corrected chi connectivity index (χ4v) is 7.49. The maximum atomic E-state index is 13.8. The summed E-state index contributed by atoms with van der Waals surface area (Å²) < 4.78 is 32.6. The summed E-state index contributed by atoms with van der Waals surface area (Å²) in [6.07, 6.45) is 5.17. The number of para-hydroxylation sites is 1. The maximum Gasteiger partial charge on any atom is 0.296 e. The highest BCUT2D eigenvalue weighted by molar-refractivity contribution is 7.92. The Morgan fingerprint density at radius 2 is 1.58 bits per heavy atom. The number of nitrogens with zero attached hydrogens (tertiary/aromatic N) is 2. The van der Waals surface area contributed by atoms with Crippen LogP contribution in [0.1, 0.15) is 65.3 Å². The molecule has 1 heterocycles. The number of benzene rings is 3. The largest absolute Gasteiger partial charge is 0.345 e. The van der Waals surface area contributed by atoms with Crippen LogP contribution in [-0.4, -0.2) is 23.7 Å². The molecule has 1 aliphatic rings. The van der Waals surface area contributed by atoms with E-state index in [9.17, 15) is 18.0 Å². The van der Waals surface area contributed by atoms with Crippen molar-refractivity contribution in [1.29, 1.82) is 0 Å². The molecule has 1 aromatic heterocycles. The molecular formula is C32H34Cl2N4O4S. The lowest BCUT2D eigenvalue weighted by Gasteiger charge is -2.32. The molecule has 1 atom stereocenters. The number of sulfonamides is 1. The number of nitrogens with one attached hydrogen (secondary N) is 2. The van der Waals surface area contributed by atoms with Gasteiger partial charge in [0.25, 0.3) is 21.5 Å². The summed E-state index contributed by atoms with van der Waals surface area (Å²) >= 11 is 12.6. The second kappa shape index (κ2) is 12.6. The zero-order valence-electron chi connectivity index (χ0n) is 24.2. The fourth-order valence-electron chi connectivity index (χ4n) is 5.81. The lowest BCUT2D eigenvalue weighted by atomic mass is 9.81. The lowest BCUT2D eigenvalue weighted by Crippen LogP contribution is -2.35. The number of hydrogen-bond acceptors (Lipinski definition) is 4. The van der Waals surface area contributed by atoms with E-state index in [-0.39, 0.29) is 28.1 Å². The average molecular weight is 642 g/mol. The van der Waals surface area contributed by atoms with E-state index in [4.69, 9.17) is 23.2 Å². The van der Waals surface area contributed by atoms with Crippen molar-refractivity contribution in [3.05, 3.63) is 110 Å². The van der Waals surface area contributed by atoms with Gasteiger partial charge in [-0.05, 0) is 86.2 Å². The Morgan fingerprint density at radius 3 is 2.23 bits per heavy atom. The predicted octanol–water partition coefficient (Wildman–Crippen LogP) is 6.95. The average Bonchev–Trinajstić information content (AvgIpc) is 3.18. The Balaban J connectivity index is 1.46. The van der Waals surface area contributed by atoms with Gasteiger partial charge < -0.3 is 5.32 Å². The zero-order chi connectivity index (χ0) is 30.9. The molecule has 11 heteroatoms. The van der Waals surface area contributed by atoms with Gasteiger partial charge in [-0.25, -0.2) is 13.1 Å². The highest BCUT2D eigenvalue weighted by Gasteiger charge is 2.29. The number of carbonyl (C=O) groups is 1. The van der Waals surface area contributed by atoms with E-state index in [0.717, 1.165) is 37.7 Å². The molecule has 3 aromatic carbocycles. The molecule has 5 rings (SSSR count). The highest BCUT2D eigenvalue weighted by atomic mass is 35.5. The first kappa shape index (κ1) is 30.9. The number of hydrogen-bond donors (Lipinski definition) is 2. The minimum absolute atomic E-state index is 0.0619. The number of aromatic nitrogens is 2. The third kappa shape index (κ3) is 6.54. The molecule has 1 fully saturated rings. The van der Waals surface area contributed by atoms with Gasteiger partial charge in [-0.2, -0.15) is 0 Å². The molecule has 1 aliphatic carbocycles. The van der Waals surface area contributed by atoms with Gasteiger partial charge in [-0.3, -0.25) is 19.0 Å². The van der Waals surface area contributed by atoms with E-state index in [1.807, 2.05) is 18.2 Å².